The number of carbonyl (C=O) groups excluding carboxylic acids is 1. The van der Waals surface area contributed by atoms with Gasteiger partial charge in [0.05, 0.1) is 22.3 Å². The van der Waals surface area contributed by atoms with E-state index in [-0.39, 0.29) is 18.2 Å². The SMILES string of the molecule is CCCN(CC(=O)O)C(=O)c1cc(-c2ccc(C)cc2)nc2onc(C)c12. The van der Waals surface area contributed by atoms with Crippen molar-refractivity contribution in [3.63, 3.8) is 0 Å². The Bertz CT molecular complexity index is 992. The number of fused-ring (bicyclic) bond motifs is 1. The molecular weight excluding hydrogens is 346 g/mol. The normalized spacial score (nSPS) is 10.9. The summed E-state index contributed by atoms with van der Waals surface area (Å²) in [5, 5.41) is 13.6. The van der Waals surface area contributed by atoms with Crippen LogP contribution in [0.3, 0.4) is 0 Å². The van der Waals surface area contributed by atoms with Gasteiger partial charge in [0.25, 0.3) is 11.6 Å². The summed E-state index contributed by atoms with van der Waals surface area (Å²) < 4.78 is 5.30. The van der Waals surface area contributed by atoms with E-state index in [1.165, 1.54) is 4.90 Å². The van der Waals surface area contributed by atoms with E-state index < -0.39 is 5.97 Å². The number of carboxylic acid groups (broad SMARTS) is 1. The summed E-state index contributed by atoms with van der Waals surface area (Å²) in [6.45, 7) is 5.60. The van der Waals surface area contributed by atoms with Crippen LogP contribution in [0.2, 0.25) is 0 Å². The highest BCUT2D eigenvalue weighted by Crippen LogP contribution is 2.28. The average Bonchev–Trinajstić information content (AvgIpc) is 3.01. The van der Waals surface area contributed by atoms with E-state index in [9.17, 15) is 9.59 Å². The minimum Gasteiger partial charge on any atom is -0.480 e. The summed E-state index contributed by atoms with van der Waals surface area (Å²) in [5.74, 6) is -1.42. The van der Waals surface area contributed by atoms with Crippen molar-refractivity contribution in [3.05, 3.63) is 47.2 Å². The molecular formula is C20H21N3O4. The number of amides is 1. The minimum absolute atomic E-state index is 0.265. The van der Waals surface area contributed by atoms with Gasteiger partial charge < -0.3 is 14.5 Å². The van der Waals surface area contributed by atoms with Gasteiger partial charge >= 0.3 is 5.97 Å². The number of pyridine rings is 1. The number of hydrogen-bond acceptors (Lipinski definition) is 5. The van der Waals surface area contributed by atoms with Crippen molar-refractivity contribution in [2.75, 3.05) is 13.1 Å². The molecule has 0 atom stereocenters. The number of hydrogen-bond donors (Lipinski definition) is 1. The number of aryl methyl sites for hydroxylation is 2. The van der Waals surface area contributed by atoms with Crippen LogP contribution >= 0.6 is 0 Å². The first-order valence-electron chi connectivity index (χ1n) is 8.75. The van der Waals surface area contributed by atoms with Gasteiger partial charge in [-0.1, -0.05) is 41.9 Å². The molecule has 1 N–H and O–H groups in total. The van der Waals surface area contributed by atoms with Gasteiger partial charge in [-0.15, -0.1) is 0 Å². The molecule has 1 aromatic carbocycles. The lowest BCUT2D eigenvalue weighted by molar-refractivity contribution is -0.137. The molecule has 0 saturated carbocycles. The number of nitrogens with zero attached hydrogens (tertiary/aromatic N) is 3. The average molecular weight is 367 g/mol. The van der Waals surface area contributed by atoms with Crippen molar-refractivity contribution in [3.8, 4) is 11.3 Å². The van der Waals surface area contributed by atoms with E-state index in [1.54, 1.807) is 13.0 Å². The Morgan fingerprint density at radius 3 is 2.52 bits per heavy atom. The zero-order chi connectivity index (χ0) is 19.6. The Hall–Kier alpha value is -3.22. The molecule has 2 heterocycles. The van der Waals surface area contributed by atoms with E-state index in [4.69, 9.17) is 9.63 Å². The highest BCUT2D eigenvalue weighted by atomic mass is 16.5. The van der Waals surface area contributed by atoms with E-state index in [0.29, 0.717) is 35.3 Å². The van der Waals surface area contributed by atoms with Crippen molar-refractivity contribution < 1.29 is 19.2 Å². The zero-order valence-corrected chi connectivity index (χ0v) is 15.5. The Balaban J connectivity index is 2.14. The lowest BCUT2D eigenvalue weighted by Crippen LogP contribution is -2.36. The maximum Gasteiger partial charge on any atom is 0.323 e. The quantitative estimate of drug-likeness (QED) is 0.717. The van der Waals surface area contributed by atoms with Gasteiger partial charge in [-0.05, 0) is 26.3 Å². The first-order valence-corrected chi connectivity index (χ1v) is 8.75. The second kappa shape index (κ2) is 7.57. The van der Waals surface area contributed by atoms with Crippen LogP contribution in [0.15, 0.2) is 34.9 Å². The number of carboxylic acids is 1. The third kappa shape index (κ3) is 3.81. The Labute approximate surface area is 156 Å². The van der Waals surface area contributed by atoms with Gasteiger partial charge in [0.15, 0.2) is 0 Å². The summed E-state index contributed by atoms with van der Waals surface area (Å²) >= 11 is 0. The molecule has 7 nitrogen and oxygen atoms in total. The van der Waals surface area contributed by atoms with Crippen molar-refractivity contribution in [2.24, 2.45) is 0 Å². The van der Waals surface area contributed by atoms with Crippen LogP contribution in [0.1, 0.15) is 35.0 Å². The van der Waals surface area contributed by atoms with E-state index >= 15 is 0 Å². The van der Waals surface area contributed by atoms with Crippen molar-refractivity contribution >= 4 is 23.0 Å². The molecule has 3 rings (SSSR count). The summed E-state index contributed by atoms with van der Waals surface area (Å²) in [6, 6.07) is 9.44. The van der Waals surface area contributed by atoms with Gasteiger partial charge in [-0.2, -0.15) is 0 Å². The van der Waals surface area contributed by atoms with Gasteiger partial charge in [0, 0.05) is 12.1 Å². The van der Waals surface area contributed by atoms with Crippen molar-refractivity contribution in [2.45, 2.75) is 27.2 Å². The smallest absolute Gasteiger partial charge is 0.323 e. The fraction of sp³-hybridized carbons (Fsp3) is 0.300. The largest absolute Gasteiger partial charge is 0.480 e. The highest BCUT2D eigenvalue weighted by molar-refractivity contribution is 6.07. The molecule has 0 radical (unpaired) electrons. The fourth-order valence-electron chi connectivity index (χ4n) is 2.99. The van der Waals surface area contributed by atoms with Gasteiger partial charge in [0.1, 0.15) is 6.54 Å². The molecule has 0 unspecified atom stereocenters. The molecule has 3 aromatic rings. The number of benzene rings is 1. The van der Waals surface area contributed by atoms with Gasteiger partial charge in [0.2, 0.25) is 0 Å². The monoisotopic (exact) mass is 367 g/mol. The minimum atomic E-state index is -1.05. The second-order valence-corrected chi connectivity index (χ2v) is 6.49. The molecule has 0 spiro atoms. The first-order chi connectivity index (χ1) is 12.9. The Kier molecular flexibility index (Phi) is 5.21. The van der Waals surface area contributed by atoms with Gasteiger partial charge in [-0.3, -0.25) is 9.59 Å². The molecule has 0 aliphatic rings. The predicted molar refractivity (Wildman–Crippen MR) is 101 cm³/mol. The summed E-state index contributed by atoms with van der Waals surface area (Å²) in [7, 11) is 0. The zero-order valence-electron chi connectivity index (χ0n) is 15.5. The lowest BCUT2D eigenvalue weighted by Gasteiger charge is -2.20. The summed E-state index contributed by atoms with van der Waals surface area (Å²) in [4.78, 5) is 30.1. The third-order valence-electron chi connectivity index (χ3n) is 4.30. The van der Waals surface area contributed by atoms with Crippen LogP contribution in [0.25, 0.3) is 22.4 Å². The van der Waals surface area contributed by atoms with E-state index in [0.717, 1.165) is 11.1 Å². The summed E-state index contributed by atoms with van der Waals surface area (Å²) in [6.07, 6.45) is 0.653. The second-order valence-electron chi connectivity index (χ2n) is 6.49. The van der Waals surface area contributed by atoms with Crippen molar-refractivity contribution in [1.29, 1.82) is 0 Å². The van der Waals surface area contributed by atoms with Crippen LogP contribution < -0.4 is 0 Å². The molecule has 140 valence electrons. The van der Waals surface area contributed by atoms with Crippen LogP contribution in [0, 0.1) is 13.8 Å². The van der Waals surface area contributed by atoms with E-state index in [1.807, 2.05) is 38.1 Å². The number of rotatable bonds is 6. The van der Waals surface area contributed by atoms with Gasteiger partial charge in [-0.25, -0.2) is 4.98 Å². The topological polar surface area (TPSA) is 96.5 Å². The highest BCUT2D eigenvalue weighted by Gasteiger charge is 2.24. The molecule has 0 saturated heterocycles. The third-order valence-corrected chi connectivity index (χ3v) is 4.30. The number of carbonyl (C=O) groups is 2. The fourth-order valence-corrected chi connectivity index (χ4v) is 2.99. The molecule has 0 bridgehead atoms. The van der Waals surface area contributed by atoms with Crippen molar-refractivity contribution in [1.82, 2.24) is 15.0 Å². The molecule has 0 aliphatic carbocycles. The van der Waals surface area contributed by atoms with E-state index in [2.05, 4.69) is 10.1 Å². The number of aliphatic carboxylic acids is 1. The molecule has 0 fully saturated rings. The van der Waals surface area contributed by atoms with Crippen LogP contribution in [-0.4, -0.2) is 45.1 Å². The summed E-state index contributed by atoms with van der Waals surface area (Å²) in [5.41, 5.74) is 3.69. The Morgan fingerprint density at radius 1 is 1.19 bits per heavy atom. The van der Waals surface area contributed by atoms with Crippen LogP contribution in [-0.2, 0) is 4.79 Å². The molecule has 27 heavy (non-hydrogen) atoms. The predicted octanol–water partition coefficient (Wildman–Crippen LogP) is 3.44. The number of aromatic nitrogens is 2. The van der Waals surface area contributed by atoms with Crippen LogP contribution in [0.4, 0.5) is 0 Å². The lowest BCUT2D eigenvalue weighted by atomic mass is 10.0. The standard InChI is InChI=1S/C20H21N3O4/c1-4-9-23(11-17(24)25)20(26)15-10-16(14-7-5-12(2)6-8-14)21-19-18(15)13(3)22-27-19/h5-8,10H,4,9,11H2,1-3H3,(H,24,25). The maximum absolute atomic E-state index is 13.1. The molecule has 2 aromatic heterocycles. The molecule has 7 heteroatoms. The molecule has 1 amide bonds. The van der Waals surface area contributed by atoms with Crippen LogP contribution in [0.5, 0.6) is 0 Å². The first kappa shape index (κ1) is 18.6. The molecule has 0 aliphatic heterocycles. The maximum atomic E-state index is 13.1. The Morgan fingerprint density at radius 2 is 1.89 bits per heavy atom.